The minimum absolute atomic E-state index is 0.296. The van der Waals surface area contributed by atoms with E-state index in [2.05, 4.69) is 41.3 Å². The second kappa shape index (κ2) is 12.7. The van der Waals surface area contributed by atoms with Gasteiger partial charge in [0.05, 0.1) is 12.7 Å². The summed E-state index contributed by atoms with van der Waals surface area (Å²) in [4.78, 5) is 6.99. The molecule has 0 radical (unpaired) electrons. The standard InChI is InChI=1S/C16H34N4O2/c1-4-17-16(19-10-11-20(5-2)6-3)18-9-7-12-22-15-8-13-21-14-15/h15H,4-14H2,1-3H3,(H2,17,18,19). The van der Waals surface area contributed by atoms with Crippen molar-refractivity contribution in [1.29, 1.82) is 0 Å². The van der Waals surface area contributed by atoms with E-state index in [4.69, 9.17) is 9.47 Å². The van der Waals surface area contributed by atoms with Crippen LogP contribution in [0.25, 0.3) is 0 Å². The van der Waals surface area contributed by atoms with E-state index in [0.717, 1.165) is 77.9 Å². The Labute approximate surface area is 135 Å². The summed E-state index contributed by atoms with van der Waals surface area (Å²) in [6, 6.07) is 0. The number of likely N-dealkylation sites (N-methyl/N-ethyl adjacent to an activating group) is 1. The lowest BCUT2D eigenvalue weighted by Crippen LogP contribution is -2.41. The van der Waals surface area contributed by atoms with E-state index in [1.165, 1.54) is 0 Å². The fourth-order valence-corrected chi connectivity index (χ4v) is 2.36. The molecule has 1 aliphatic heterocycles. The number of nitrogens with one attached hydrogen (secondary N) is 2. The smallest absolute Gasteiger partial charge is 0.191 e. The highest BCUT2D eigenvalue weighted by molar-refractivity contribution is 5.79. The molecular formula is C16H34N4O2. The van der Waals surface area contributed by atoms with Gasteiger partial charge in [0.1, 0.15) is 0 Å². The number of hydrogen-bond acceptors (Lipinski definition) is 4. The molecule has 0 aromatic carbocycles. The van der Waals surface area contributed by atoms with Crippen molar-refractivity contribution in [3.63, 3.8) is 0 Å². The van der Waals surface area contributed by atoms with Crippen LogP contribution in [0.4, 0.5) is 0 Å². The van der Waals surface area contributed by atoms with E-state index in [-0.39, 0.29) is 0 Å². The number of rotatable bonds is 11. The first-order chi connectivity index (χ1) is 10.8. The summed E-state index contributed by atoms with van der Waals surface area (Å²) >= 11 is 0. The molecule has 0 spiro atoms. The van der Waals surface area contributed by atoms with Crippen molar-refractivity contribution in [2.24, 2.45) is 4.99 Å². The Morgan fingerprint density at radius 3 is 2.73 bits per heavy atom. The van der Waals surface area contributed by atoms with Gasteiger partial charge in [0.15, 0.2) is 5.96 Å². The van der Waals surface area contributed by atoms with Gasteiger partial charge < -0.3 is 25.0 Å². The van der Waals surface area contributed by atoms with E-state index in [9.17, 15) is 0 Å². The van der Waals surface area contributed by atoms with Gasteiger partial charge in [-0.15, -0.1) is 0 Å². The van der Waals surface area contributed by atoms with E-state index in [0.29, 0.717) is 6.10 Å². The van der Waals surface area contributed by atoms with Crippen LogP contribution < -0.4 is 10.6 Å². The molecule has 0 aromatic heterocycles. The molecule has 0 aromatic rings. The number of hydrogen-bond donors (Lipinski definition) is 2. The van der Waals surface area contributed by atoms with E-state index in [1.807, 2.05) is 0 Å². The normalized spacial score (nSPS) is 18.9. The molecule has 6 heteroatoms. The summed E-state index contributed by atoms with van der Waals surface area (Å²) in [5.74, 6) is 0.902. The van der Waals surface area contributed by atoms with Crippen LogP contribution >= 0.6 is 0 Å². The van der Waals surface area contributed by atoms with Crippen LogP contribution in [0.15, 0.2) is 4.99 Å². The quantitative estimate of drug-likeness (QED) is 0.339. The minimum Gasteiger partial charge on any atom is -0.379 e. The maximum Gasteiger partial charge on any atom is 0.191 e. The molecule has 6 nitrogen and oxygen atoms in total. The van der Waals surface area contributed by atoms with E-state index >= 15 is 0 Å². The molecule has 0 amide bonds. The van der Waals surface area contributed by atoms with Crippen LogP contribution in [-0.4, -0.2) is 76.1 Å². The van der Waals surface area contributed by atoms with Crippen LogP contribution in [-0.2, 0) is 9.47 Å². The Balaban J connectivity index is 2.14. The van der Waals surface area contributed by atoms with Crippen molar-refractivity contribution >= 4 is 5.96 Å². The fourth-order valence-electron chi connectivity index (χ4n) is 2.36. The third-order valence-corrected chi connectivity index (χ3v) is 3.77. The van der Waals surface area contributed by atoms with Crippen molar-refractivity contribution in [2.45, 2.75) is 39.7 Å². The van der Waals surface area contributed by atoms with Gasteiger partial charge in [-0.2, -0.15) is 0 Å². The molecule has 1 saturated heterocycles. The second-order valence-corrected chi connectivity index (χ2v) is 5.42. The molecule has 1 unspecified atom stereocenters. The molecule has 0 saturated carbocycles. The summed E-state index contributed by atoms with van der Waals surface area (Å²) in [7, 11) is 0. The first-order valence-corrected chi connectivity index (χ1v) is 8.74. The Morgan fingerprint density at radius 1 is 1.27 bits per heavy atom. The monoisotopic (exact) mass is 314 g/mol. The summed E-state index contributed by atoms with van der Waals surface area (Å²) < 4.78 is 11.0. The predicted molar refractivity (Wildman–Crippen MR) is 91.6 cm³/mol. The Hall–Kier alpha value is -0.850. The molecule has 1 fully saturated rings. The van der Waals surface area contributed by atoms with Gasteiger partial charge in [0, 0.05) is 39.4 Å². The molecule has 2 N–H and O–H groups in total. The molecule has 22 heavy (non-hydrogen) atoms. The van der Waals surface area contributed by atoms with Gasteiger partial charge in [-0.3, -0.25) is 4.99 Å². The van der Waals surface area contributed by atoms with Crippen molar-refractivity contribution in [3.8, 4) is 0 Å². The Kier molecular flexibility index (Phi) is 11.1. The zero-order valence-electron chi connectivity index (χ0n) is 14.6. The molecule has 1 rings (SSSR count). The van der Waals surface area contributed by atoms with Crippen LogP contribution in [0.3, 0.4) is 0 Å². The molecule has 1 aliphatic rings. The van der Waals surface area contributed by atoms with Crippen LogP contribution in [0.1, 0.15) is 33.6 Å². The van der Waals surface area contributed by atoms with Crippen LogP contribution in [0, 0.1) is 0 Å². The molecule has 0 bridgehead atoms. The third kappa shape index (κ3) is 8.56. The maximum absolute atomic E-state index is 5.74. The number of ether oxygens (including phenoxy) is 2. The molecule has 130 valence electrons. The summed E-state index contributed by atoms with van der Waals surface area (Å²) in [6.07, 6.45) is 2.27. The lowest BCUT2D eigenvalue weighted by atomic mass is 10.3. The largest absolute Gasteiger partial charge is 0.379 e. The molecule has 0 aliphatic carbocycles. The summed E-state index contributed by atoms with van der Waals surface area (Å²) in [6.45, 7) is 14.6. The number of nitrogens with zero attached hydrogens (tertiary/aromatic N) is 2. The van der Waals surface area contributed by atoms with E-state index < -0.39 is 0 Å². The highest BCUT2D eigenvalue weighted by Crippen LogP contribution is 2.07. The first-order valence-electron chi connectivity index (χ1n) is 8.74. The van der Waals surface area contributed by atoms with Gasteiger partial charge in [-0.25, -0.2) is 0 Å². The van der Waals surface area contributed by atoms with Crippen LogP contribution in [0.5, 0.6) is 0 Å². The van der Waals surface area contributed by atoms with Crippen LogP contribution in [0.2, 0.25) is 0 Å². The Bertz CT molecular complexity index is 290. The van der Waals surface area contributed by atoms with Crippen molar-refractivity contribution in [3.05, 3.63) is 0 Å². The minimum atomic E-state index is 0.296. The highest BCUT2D eigenvalue weighted by Gasteiger charge is 2.15. The lowest BCUT2D eigenvalue weighted by molar-refractivity contribution is 0.0424. The van der Waals surface area contributed by atoms with Crippen molar-refractivity contribution in [2.75, 3.05) is 59.1 Å². The average molecular weight is 314 g/mol. The number of guanidine groups is 1. The van der Waals surface area contributed by atoms with E-state index in [1.54, 1.807) is 0 Å². The molecular weight excluding hydrogens is 280 g/mol. The number of aliphatic imine (C=N–C) groups is 1. The zero-order chi connectivity index (χ0) is 16.0. The first kappa shape index (κ1) is 19.2. The van der Waals surface area contributed by atoms with Gasteiger partial charge in [0.25, 0.3) is 0 Å². The maximum atomic E-state index is 5.74. The van der Waals surface area contributed by atoms with Gasteiger partial charge in [0.2, 0.25) is 0 Å². The summed E-state index contributed by atoms with van der Waals surface area (Å²) in [5.41, 5.74) is 0. The molecule has 1 heterocycles. The fraction of sp³-hybridized carbons (Fsp3) is 0.938. The van der Waals surface area contributed by atoms with Gasteiger partial charge in [-0.1, -0.05) is 13.8 Å². The topological polar surface area (TPSA) is 58.1 Å². The molecule has 1 atom stereocenters. The zero-order valence-corrected chi connectivity index (χ0v) is 14.6. The predicted octanol–water partition coefficient (Wildman–Crippen LogP) is 1.08. The Morgan fingerprint density at radius 2 is 2.09 bits per heavy atom. The van der Waals surface area contributed by atoms with Gasteiger partial charge in [-0.05, 0) is 32.9 Å². The highest BCUT2D eigenvalue weighted by atomic mass is 16.5. The SMILES string of the molecule is CCNC(=NCCCOC1CCOC1)NCCN(CC)CC. The van der Waals surface area contributed by atoms with Gasteiger partial charge >= 0.3 is 0 Å². The van der Waals surface area contributed by atoms with Crippen molar-refractivity contribution < 1.29 is 9.47 Å². The van der Waals surface area contributed by atoms with Crippen molar-refractivity contribution in [1.82, 2.24) is 15.5 Å². The summed E-state index contributed by atoms with van der Waals surface area (Å²) in [5, 5.41) is 6.67. The third-order valence-electron chi connectivity index (χ3n) is 3.77. The average Bonchev–Trinajstić information content (AvgIpc) is 3.04. The second-order valence-electron chi connectivity index (χ2n) is 5.42. The lowest BCUT2D eigenvalue weighted by Gasteiger charge is -2.19.